The van der Waals surface area contributed by atoms with Gasteiger partial charge in [0.2, 0.25) is 0 Å². The minimum Gasteiger partial charge on any atom is -0.491 e. The van der Waals surface area contributed by atoms with Crippen molar-refractivity contribution in [2.45, 2.75) is 51.4 Å². The highest BCUT2D eigenvalue weighted by Crippen LogP contribution is 2.19. The number of amides is 6. The third kappa shape index (κ3) is 24.8. The number of ether oxygens (including phenoxy) is 6. The summed E-state index contributed by atoms with van der Waals surface area (Å²) in [7, 11) is 0. The van der Waals surface area contributed by atoms with E-state index in [2.05, 4.69) is 51.8 Å². The fourth-order valence-electron chi connectivity index (χ4n) is 6.53. The highest BCUT2D eigenvalue weighted by Gasteiger charge is 2.17. The molecule has 0 saturated heterocycles. The first kappa shape index (κ1) is 59.9. The highest BCUT2D eigenvalue weighted by molar-refractivity contribution is 6.32. The maximum absolute atomic E-state index is 12.3. The highest BCUT2D eigenvalue weighted by atomic mass is 35.5. The number of unbranched alkanes of at least 4 members (excludes halogenated alkanes) is 3. The van der Waals surface area contributed by atoms with E-state index in [1.165, 1.54) is 0 Å². The van der Waals surface area contributed by atoms with Crippen LogP contribution in [0.4, 0.5) is 32.9 Å². The molecule has 406 valence electrons. The average Bonchev–Trinajstić information content (AvgIpc) is 3.38. The number of urea groups is 2. The van der Waals surface area contributed by atoms with Gasteiger partial charge in [-0.25, -0.2) is 29.5 Å². The van der Waals surface area contributed by atoms with Crippen LogP contribution in [0.3, 0.4) is 0 Å². The Labute approximate surface area is 440 Å². The lowest BCUT2D eigenvalue weighted by molar-refractivity contribution is 0.0377. The predicted octanol–water partition coefficient (Wildman–Crippen LogP) is 3.31. The van der Waals surface area contributed by atoms with Gasteiger partial charge < -0.3 is 83.3 Å². The van der Waals surface area contributed by atoms with Gasteiger partial charge in [0, 0.05) is 39.3 Å². The number of nitrogens with zero attached hydrogens (tertiary/aromatic N) is 4. The van der Waals surface area contributed by atoms with Crippen LogP contribution >= 0.6 is 23.2 Å². The van der Waals surface area contributed by atoms with Crippen molar-refractivity contribution < 1.29 is 47.6 Å². The summed E-state index contributed by atoms with van der Waals surface area (Å²) in [6.45, 7) is 6.37. The molecule has 0 spiro atoms. The van der Waals surface area contributed by atoms with E-state index in [9.17, 15) is 19.2 Å². The number of nitrogens with one attached hydrogen (secondary N) is 6. The number of hydrogen-bond acceptors (Lipinski definition) is 18. The normalized spacial score (nSPS) is 10.9. The van der Waals surface area contributed by atoms with Crippen LogP contribution in [-0.4, -0.2) is 149 Å². The SMILES string of the molecule is Nc1nc(N)c(C(=O)NCCCCc2ccc(OCCOCCOCCNC(=O)NCCCCNC(=O)NCCOCCOCCOc3ccc(CCCCNC(=O)c4nc(Cl)c(N)nc4N)cc3)cc2)nc1Cl. The average molecular weight is 1070 g/mol. The molecule has 4 rings (SSSR count). The van der Waals surface area contributed by atoms with Crippen molar-refractivity contribution in [2.75, 3.05) is 128 Å². The fraction of sp³-hybridized carbons (Fsp3) is 0.500. The Morgan fingerprint density at radius 3 is 1.11 bits per heavy atom. The topological polar surface area (TPSA) is 351 Å². The first-order chi connectivity index (χ1) is 35.9. The zero-order chi connectivity index (χ0) is 53.2. The van der Waals surface area contributed by atoms with E-state index >= 15 is 0 Å². The number of carbonyl (C=O) groups is 4. The monoisotopic (exact) mass is 1070 g/mol. The van der Waals surface area contributed by atoms with Gasteiger partial charge in [0.05, 0.1) is 52.9 Å². The van der Waals surface area contributed by atoms with E-state index < -0.39 is 11.8 Å². The van der Waals surface area contributed by atoms with Gasteiger partial charge in [0.1, 0.15) is 24.7 Å². The summed E-state index contributed by atoms with van der Waals surface area (Å²) >= 11 is 11.7. The number of halogens is 2. The summed E-state index contributed by atoms with van der Waals surface area (Å²) in [6.07, 6.45) is 6.31. The van der Waals surface area contributed by atoms with Gasteiger partial charge in [-0.1, -0.05) is 47.5 Å². The molecular weight excluding hydrogens is 1000 g/mol. The zero-order valence-corrected chi connectivity index (χ0v) is 43.0. The van der Waals surface area contributed by atoms with Crippen molar-refractivity contribution >= 4 is 70.3 Å². The summed E-state index contributed by atoms with van der Waals surface area (Å²) in [5, 5.41) is 16.5. The number of carbonyl (C=O) groups excluding carboxylic acids is 4. The minimum atomic E-state index is -0.452. The van der Waals surface area contributed by atoms with E-state index in [1.807, 2.05) is 48.5 Å². The summed E-state index contributed by atoms with van der Waals surface area (Å²) < 4.78 is 33.7. The van der Waals surface area contributed by atoms with Crippen LogP contribution in [0, 0.1) is 0 Å². The molecule has 0 radical (unpaired) electrons. The number of hydrogen-bond donors (Lipinski definition) is 10. The molecule has 26 heteroatoms. The third-order valence-corrected chi connectivity index (χ3v) is 11.0. The van der Waals surface area contributed by atoms with E-state index in [0.717, 1.165) is 61.2 Å². The summed E-state index contributed by atoms with van der Waals surface area (Å²) in [5.41, 5.74) is 24.8. The number of rotatable bonds is 37. The first-order valence-electron chi connectivity index (χ1n) is 24.4. The molecule has 0 unspecified atom stereocenters. The number of benzene rings is 2. The van der Waals surface area contributed by atoms with Crippen molar-refractivity contribution in [1.82, 2.24) is 51.8 Å². The maximum atomic E-state index is 12.3. The van der Waals surface area contributed by atoms with Crippen LogP contribution in [0.5, 0.6) is 11.5 Å². The molecule has 0 bridgehead atoms. The Hall–Kier alpha value is -6.70. The standard InChI is InChI=1S/C48H70Cl2N14O10/c49-39-43(53)63-41(51)37(61-39)45(65)55-17-3-1-7-33-9-13-35(14-10-33)73-31-29-71-27-25-69-23-21-59-47(67)57-19-5-6-20-58-48(68)60-22-24-70-26-28-72-30-32-74-36-15-11-34(12-16-36)8-2-4-18-56-46(66)38-42(52)64-44(54)40(50)62-38/h9-16H,1-8,17-32H2,(H,55,65)(H,56,66)(H4,51,53,63)(H4,52,54,64)(H2,57,59,67)(H2,58,60,68). The van der Waals surface area contributed by atoms with Crippen LogP contribution in [0.15, 0.2) is 48.5 Å². The smallest absolute Gasteiger partial charge is 0.314 e. The van der Waals surface area contributed by atoms with Crippen LogP contribution in [0.2, 0.25) is 10.3 Å². The Morgan fingerprint density at radius 2 is 0.716 bits per heavy atom. The first-order valence-corrected chi connectivity index (χ1v) is 25.2. The quantitative estimate of drug-likeness (QED) is 0.0290. The van der Waals surface area contributed by atoms with E-state index in [0.29, 0.717) is 118 Å². The van der Waals surface area contributed by atoms with Gasteiger partial charge in [-0.15, -0.1) is 0 Å². The maximum Gasteiger partial charge on any atom is 0.314 e. The van der Waals surface area contributed by atoms with Crippen LogP contribution < -0.4 is 64.3 Å². The molecule has 0 fully saturated rings. The van der Waals surface area contributed by atoms with Gasteiger partial charge in [-0.2, -0.15) is 0 Å². The lowest BCUT2D eigenvalue weighted by Crippen LogP contribution is -2.39. The van der Waals surface area contributed by atoms with Crippen molar-refractivity contribution in [3.63, 3.8) is 0 Å². The second-order valence-electron chi connectivity index (χ2n) is 16.2. The molecule has 74 heavy (non-hydrogen) atoms. The second-order valence-corrected chi connectivity index (χ2v) is 16.9. The molecule has 0 aliphatic rings. The number of nitrogen functional groups attached to an aromatic ring is 4. The molecule has 0 atom stereocenters. The second kappa shape index (κ2) is 35.5. The summed E-state index contributed by atoms with van der Waals surface area (Å²) in [4.78, 5) is 64.1. The van der Waals surface area contributed by atoms with E-state index in [1.54, 1.807) is 0 Å². The number of aryl methyl sites for hydroxylation is 2. The molecule has 2 heterocycles. The van der Waals surface area contributed by atoms with Gasteiger partial charge in [0.15, 0.2) is 45.0 Å². The van der Waals surface area contributed by atoms with Crippen molar-refractivity contribution in [3.8, 4) is 11.5 Å². The van der Waals surface area contributed by atoms with Crippen LogP contribution in [-0.2, 0) is 31.8 Å². The van der Waals surface area contributed by atoms with Crippen LogP contribution in [0.1, 0.15) is 70.6 Å². The Morgan fingerprint density at radius 1 is 0.392 bits per heavy atom. The van der Waals surface area contributed by atoms with Crippen molar-refractivity contribution in [2.24, 2.45) is 0 Å². The molecule has 6 amide bonds. The Kier molecular flexibility index (Phi) is 28.7. The van der Waals surface area contributed by atoms with E-state index in [4.69, 9.17) is 74.6 Å². The zero-order valence-electron chi connectivity index (χ0n) is 41.5. The van der Waals surface area contributed by atoms with Crippen molar-refractivity contribution in [1.29, 1.82) is 0 Å². The van der Waals surface area contributed by atoms with Gasteiger partial charge >= 0.3 is 12.1 Å². The summed E-state index contributed by atoms with van der Waals surface area (Å²) in [5.74, 6) is 0.384. The molecule has 0 aliphatic heterocycles. The van der Waals surface area contributed by atoms with Gasteiger partial charge in [-0.05, 0) is 86.8 Å². The Balaban J connectivity index is 0.836. The molecule has 0 saturated carbocycles. The molecule has 4 aromatic rings. The minimum absolute atomic E-state index is 0.0259. The number of anilines is 4. The molecule has 0 aliphatic carbocycles. The molecule has 2 aromatic carbocycles. The van der Waals surface area contributed by atoms with Gasteiger partial charge in [0.25, 0.3) is 11.8 Å². The lowest BCUT2D eigenvalue weighted by Gasteiger charge is -2.10. The molecule has 14 N–H and O–H groups in total. The number of nitrogens with two attached hydrogens (primary N) is 4. The molecule has 2 aromatic heterocycles. The van der Waals surface area contributed by atoms with Gasteiger partial charge in [-0.3, -0.25) is 9.59 Å². The fourth-order valence-corrected chi connectivity index (χ4v) is 6.79. The van der Waals surface area contributed by atoms with Crippen molar-refractivity contribution in [3.05, 3.63) is 81.4 Å². The predicted molar refractivity (Wildman–Crippen MR) is 281 cm³/mol. The molecule has 24 nitrogen and oxygen atoms in total. The van der Waals surface area contributed by atoms with E-state index in [-0.39, 0.29) is 57.0 Å². The largest absolute Gasteiger partial charge is 0.491 e. The summed E-state index contributed by atoms with van der Waals surface area (Å²) in [6, 6.07) is 15.1. The Bertz CT molecular complexity index is 2150. The third-order valence-electron chi connectivity index (χ3n) is 10.4. The lowest BCUT2D eigenvalue weighted by atomic mass is 10.1. The molecular formula is C48H70Cl2N14O10. The number of aromatic nitrogens is 4. The van der Waals surface area contributed by atoms with Crippen LogP contribution in [0.25, 0.3) is 0 Å².